The minimum atomic E-state index is -0.750. The Morgan fingerprint density at radius 1 is 1.17 bits per heavy atom. The van der Waals surface area contributed by atoms with Gasteiger partial charge < -0.3 is 10.1 Å². The molecule has 3 aromatic rings. The molecule has 2 N–H and O–H groups in total. The summed E-state index contributed by atoms with van der Waals surface area (Å²) in [5.74, 6) is -1.14. The lowest BCUT2D eigenvalue weighted by atomic mass is 9.83. The van der Waals surface area contributed by atoms with Gasteiger partial charge in [-0.25, -0.2) is 0 Å². The van der Waals surface area contributed by atoms with Gasteiger partial charge in [0.25, 0.3) is 0 Å². The van der Waals surface area contributed by atoms with Crippen LogP contribution in [0.5, 0.6) is 0 Å². The molecule has 0 unspecified atom stereocenters. The van der Waals surface area contributed by atoms with Gasteiger partial charge in [-0.3, -0.25) is 4.79 Å². The monoisotopic (exact) mass is 503 g/mol. The Balaban J connectivity index is 2.04. The van der Waals surface area contributed by atoms with Crippen molar-refractivity contribution in [3.63, 3.8) is 0 Å². The molecule has 0 aliphatic heterocycles. The van der Waals surface area contributed by atoms with Gasteiger partial charge in [-0.1, -0.05) is 63.9 Å². The van der Waals surface area contributed by atoms with Crippen molar-refractivity contribution in [2.45, 2.75) is 53.9 Å². The van der Waals surface area contributed by atoms with Crippen LogP contribution in [0.3, 0.4) is 0 Å². The van der Waals surface area contributed by atoms with Gasteiger partial charge in [0.2, 0.25) is 0 Å². The smallest absolute Gasteiger partial charge is 0.306 e. The Kier molecular flexibility index (Phi) is 6.42. The van der Waals surface area contributed by atoms with E-state index >= 15 is 0 Å². The van der Waals surface area contributed by atoms with Crippen LogP contribution < -0.4 is 0 Å². The Hall–Kier alpha value is -1.82. The van der Waals surface area contributed by atoms with Gasteiger partial charge in [-0.05, 0) is 82.2 Å². The highest BCUT2D eigenvalue weighted by Gasteiger charge is 2.21. The van der Waals surface area contributed by atoms with E-state index in [-0.39, 0.29) is 11.3 Å². The molecule has 0 aliphatic carbocycles. The summed E-state index contributed by atoms with van der Waals surface area (Å²) < 4.78 is 1.22. The number of hydrogen-bond acceptors (Lipinski definition) is 1. The number of aromatic amines is 1. The molecule has 0 fully saturated rings. The molecule has 3 nitrogen and oxygen atoms in total. The van der Waals surface area contributed by atoms with E-state index in [9.17, 15) is 9.90 Å². The van der Waals surface area contributed by atoms with Crippen LogP contribution >= 0.6 is 22.6 Å². The van der Waals surface area contributed by atoms with Crippen molar-refractivity contribution in [1.82, 2.24) is 4.98 Å². The molecule has 0 aliphatic rings. The fourth-order valence-corrected chi connectivity index (χ4v) is 4.53. The first-order valence-electron chi connectivity index (χ1n) is 10.2. The van der Waals surface area contributed by atoms with Crippen molar-refractivity contribution in [3.8, 4) is 11.1 Å². The Morgan fingerprint density at radius 2 is 1.90 bits per heavy atom. The minimum absolute atomic E-state index is 0.258. The van der Waals surface area contributed by atoms with Crippen molar-refractivity contribution >= 4 is 39.5 Å². The lowest BCUT2D eigenvalue weighted by Gasteiger charge is -2.22. The standard InChI is InChI=1S/C25H30INO2/c1-6-25(4,5)14-21-20-13-18(7-8-22(20)27-23(21)26)19-10-15(2)9-17(12-19)11-16(3)24(28)29/h7-10,12-13,16,27H,6,11,14H2,1-5H3,(H,28,29)/t16-/m0/s1. The molecule has 0 spiro atoms. The molecule has 154 valence electrons. The second-order valence-electron chi connectivity index (χ2n) is 9.02. The zero-order chi connectivity index (χ0) is 21.3. The Labute approximate surface area is 187 Å². The predicted molar refractivity (Wildman–Crippen MR) is 129 cm³/mol. The molecule has 29 heavy (non-hydrogen) atoms. The van der Waals surface area contributed by atoms with E-state index in [1.807, 2.05) is 0 Å². The number of carboxylic acid groups (broad SMARTS) is 1. The second-order valence-corrected chi connectivity index (χ2v) is 10.1. The average Bonchev–Trinajstić information content (AvgIpc) is 2.95. The van der Waals surface area contributed by atoms with E-state index in [0.29, 0.717) is 6.42 Å². The number of halogens is 1. The Morgan fingerprint density at radius 3 is 2.55 bits per heavy atom. The van der Waals surface area contributed by atoms with Crippen LogP contribution in [0, 0.1) is 22.0 Å². The first kappa shape index (κ1) is 21.9. The minimum Gasteiger partial charge on any atom is -0.481 e. The van der Waals surface area contributed by atoms with Crippen LogP contribution in [-0.4, -0.2) is 16.1 Å². The van der Waals surface area contributed by atoms with E-state index in [0.717, 1.165) is 29.5 Å². The largest absolute Gasteiger partial charge is 0.481 e. The molecule has 0 saturated heterocycles. The number of carbonyl (C=O) groups is 1. The van der Waals surface area contributed by atoms with Crippen LogP contribution in [0.1, 0.15) is 50.8 Å². The van der Waals surface area contributed by atoms with E-state index in [1.54, 1.807) is 6.92 Å². The zero-order valence-electron chi connectivity index (χ0n) is 17.9. The first-order chi connectivity index (χ1) is 13.6. The van der Waals surface area contributed by atoms with Crippen LogP contribution in [0.2, 0.25) is 0 Å². The fourth-order valence-electron chi connectivity index (χ4n) is 3.76. The van der Waals surface area contributed by atoms with Crippen LogP contribution in [0.4, 0.5) is 0 Å². The van der Waals surface area contributed by atoms with Gasteiger partial charge >= 0.3 is 5.97 Å². The van der Waals surface area contributed by atoms with E-state index < -0.39 is 5.97 Å². The molecular formula is C25H30INO2. The van der Waals surface area contributed by atoms with Gasteiger partial charge in [0, 0.05) is 10.9 Å². The summed E-state index contributed by atoms with van der Waals surface area (Å²) in [6, 6.07) is 13.0. The maximum absolute atomic E-state index is 11.3. The SMILES string of the molecule is CCC(C)(C)Cc1c(I)[nH]c2ccc(-c3cc(C)cc(C[C@H](C)C(=O)O)c3)cc12. The number of carboxylic acids is 1. The molecule has 1 atom stereocenters. The molecule has 0 saturated carbocycles. The number of H-pyrrole nitrogens is 1. The fraction of sp³-hybridized carbons (Fsp3) is 0.400. The van der Waals surface area contributed by atoms with Crippen LogP contribution in [-0.2, 0) is 17.6 Å². The van der Waals surface area contributed by atoms with E-state index in [1.165, 1.54) is 25.7 Å². The average molecular weight is 503 g/mol. The number of fused-ring (bicyclic) bond motifs is 1. The van der Waals surface area contributed by atoms with E-state index in [4.69, 9.17) is 0 Å². The second kappa shape index (κ2) is 8.50. The maximum Gasteiger partial charge on any atom is 0.306 e. The van der Waals surface area contributed by atoms with Gasteiger partial charge in [0.15, 0.2) is 0 Å². The van der Waals surface area contributed by atoms with Gasteiger partial charge in [-0.15, -0.1) is 0 Å². The molecular weight excluding hydrogens is 473 g/mol. The van der Waals surface area contributed by atoms with Crippen molar-refractivity contribution in [3.05, 3.63) is 56.8 Å². The highest BCUT2D eigenvalue weighted by molar-refractivity contribution is 14.1. The van der Waals surface area contributed by atoms with Gasteiger partial charge in [0.05, 0.1) is 9.62 Å². The molecule has 1 aromatic heterocycles. The quantitative estimate of drug-likeness (QED) is 0.342. The number of nitrogens with one attached hydrogen (secondary N) is 1. The third-order valence-electron chi connectivity index (χ3n) is 5.90. The number of aromatic nitrogens is 1. The lowest BCUT2D eigenvalue weighted by Crippen LogP contribution is -2.13. The third kappa shape index (κ3) is 5.03. The number of aryl methyl sites for hydroxylation is 1. The maximum atomic E-state index is 11.3. The Bertz CT molecular complexity index is 1050. The summed E-state index contributed by atoms with van der Waals surface area (Å²) in [4.78, 5) is 14.8. The molecule has 0 amide bonds. The number of aliphatic carboxylic acids is 1. The van der Waals surface area contributed by atoms with Crippen molar-refractivity contribution < 1.29 is 9.90 Å². The summed E-state index contributed by atoms with van der Waals surface area (Å²) in [6.45, 7) is 10.7. The summed E-state index contributed by atoms with van der Waals surface area (Å²) in [5, 5.41) is 10.5. The molecule has 1 heterocycles. The molecule has 4 heteroatoms. The van der Waals surface area contributed by atoms with Crippen molar-refractivity contribution in [2.75, 3.05) is 0 Å². The summed E-state index contributed by atoms with van der Waals surface area (Å²) >= 11 is 2.42. The van der Waals surface area contributed by atoms with Crippen molar-refractivity contribution in [1.29, 1.82) is 0 Å². The summed E-state index contributed by atoms with van der Waals surface area (Å²) in [7, 11) is 0. The molecule has 0 radical (unpaired) electrons. The number of rotatable bonds is 7. The number of hydrogen-bond donors (Lipinski definition) is 2. The number of benzene rings is 2. The first-order valence-corrected chi connectivity index (χ1v) is 11.3. The normalized spacial score (nSPS) is 13.0. The summed E-state index contributed by atoms with van der Waals surface area (Å²) in [5.41, 5.74) is 7.38. The zero-order valence-corrected chi connectivity index (χ0v) is 20.1. The highest BCUT2D eigenvalue weighted by Crippen LogP contribution is 2.35. The summed E-state index contributed by atoms with van der Waals surface area (Å²) in [6.07, 6.45) is 2.73. The van der Waals surface area contributed by atoms with Crippen molar-refractivity contribution in [2.24, 2.45) is 11.3 Å². The highest BCUT2D eigenvalue weighted by atomic mass is 127. The third-order valence-corrected chi connectivity index (χ3v) is 6.82. The molecule has 2 aromatic carbocycles. The van der Waals surface area contributed by atoms with Gasteiger partial charge in [0.1, 0.15) is 0 Å². The topological polar surface area (TPSA) is 53.1 Å². The van der Waals surface area contributed by atoms with Crippen LogP contribution in [0.15, 0.2) is 36.4 Å². The van der Waals surface area contributed by atoms with E-state index in [2.05, 4.69) is 91.7 Å². The molecule has 3 rings (SSSR count). The predicted octanol–water partition coefficient (Wildman–Crippen LogP) is 6.99. The molecule has 0 bridgehead atoms. The van der Waals surface area contributed by atoms with Gasteiger partial charge in [-0.2, -0.15) is 0 Å². The lowest BCUT2D eigenvalue weighted by molar-refractivity contribution is -0.141. The van der Waals surface area contributed by atoms with Crippen LogP contribution in [0.25, 0.3) is 22.0 Å².